The van der Waals surface area contributed by atoms with E-state index >= 15 is 0 Å². The Labute approximate surface area is 157 Å². The van der Waals surface area contributed by atoms with E-state index in [1.807, 2.05) is 51.1 Å². The largest absolute Gasteiger partial charge is 0.471 e. The lowest BCUT2D eigenvalue weighted by Gasteiger charge is -2.10. The van der Waals surface area contributed by atoms with Gasteiger partial charge in [0.25, 0.3) is 5.91 Å². The number of hydrogen-bond acceptors (Lipinski definition) is 6. The summed E-state index contributed by atoms with van der Waals surface area (Å²) in [6.45, 7) is 7.67. The molecule has 1 amide bonds. The molecule has 1 aromatic carbocycles. The van der Waals surface area contributed by atoms with Crippen molar-refractivity contribution in [2.24, 2.45) is 0 Å². The van der Waals surface area contributed by atoms with Gasteiger partial charge in [0.15, 0.2) is 5.69 Å². The molecular weight excluding hydrogens is 344 g/mol. The smallest absolute Gasteiger partial charge is 0.272 e. The number of ether oxygens (including phenoxy) is 1. The van der Waals surface area contributed by atoms with Crippen LogP contribution in [-0.4, -0.2) is 27.3 Å². The standard InChI is InChI=1S/C20H22N4O3/c1-12(2)21-20(25)18-13(3)10-17(22-23-18)26-11-16-14(4)27-24-19(16)15-8-6-5-7-9-15/h5-10,12H,11H2,1-4H3,(H,21,25). The van der Waals surface area contributed by atoms with Crippen LogP contribution in [0.15, 0.2) is 40.9 Å². The number of carbonyl (C=O) groups excluding carboxylic acids is 1. The van der Waals surface area contributed by atoms with Crippen LogP contribution in [0.5, 0.6) is 5.88 Å². The molecule has 0 aliphatic rings. The lowest BCUT2D eigenvalue weighted by Crippen LogP contribution is -2.31. The molecular formula is C20H22N4O3. The molecule has 140 valence electrons. The fourth-order valence-electron chi connectivity index (χ4n) is 2.62. The first-order valence-corrected chi connectivity index (χ1v) is 8.74. The normalized spacial score (nSPS) is 10.9. The summed E-state index contributed by atoms with van der Waals surface area (Å²) in [6.07, 6.45) is 0. The first kappa shape index (κ1) is 18.6. The maximum absolute atomic E-state index is 12.1. The molecule has 1 N–H and O–H groups in total. The topological polar surface area (TPSA) is 90.1 Å². The molecule has 0 bridgehead atoms. The summed E-state index contributed by atoms with van der Waals surface area (Å²) in [5.41, 5.74) is 3.54. The first-order chi connectivity index (χ1) is 13.0. The number of rotatable bonds is 6. The summed E-state index contributed by atoms with van der Waals surface area (Å²) in [4.78, 5) is 12.1. The number of aryl methyl sites for hydroxylation is 2. The summed E-state index contributed by atoms with van der Waals surface area (Å²) >= 11 is 0. The van der Waals surface area contributed by atoms with Crippen LogP contribution in [0.1, 0.15) is 41.2 Å². The molecule has 0 radical (unpaired) electrons. The molecule has 2 heterocycles. The van der Waals surface area contributed by atoms with Crippen molar-refractivity contribution in [2.75, 3.05) is 0 Å². The number of nitrogens with one attached hydrogen (secondary N) is 1. The van der Waals surface area contributed by atoms with Gasteiger partial charge in [0.2, 0.25) is 5.88 Å². The molecule has 3 aromatic rings. The van der Waals surface area contributed by atoms with Gasteiger partial charge in [0.05, 0.1) is 5.56 Å². The minimum absolute atomic E-state index is 0.0302. The van der Waals surface area contributed by atoms with E-state index < -0.39 is 0 Å². The number of nitrogens with zero attached hydrogens (tertiary/aromatic N) is 3. The van der Waals surface area contributed by atoms with Crippen molar-refractivity contribution in [3.8, 4) is 17.1 Å². The number of hydrogen-bond donors (Lipinski definition) is 1. The lowest BCUT2D eigenvalue weighted by atomic mass is 10.1. The van der Waals surface area contributed by atoms with Crippen molar-refractivity contribution in [3.63, 3.8) is 0 Å². The van der Waals surface area contributed by atoms with Crippen molar-refractivity contribution in [2.45, 2.75) is 40.3 Å². The predicted molar refractivity (Wildman–Crippen MR) is 100 cm³/mol. The van der Waals surface area contributed by atoms with Crippen LogP contribution in [0.25, 0.3) is 11.3 Å². The van der Waals surface area contributed by atoms with Gasteiger partial charge in [-0.25, -0.2) is 0 Å². The van der Waals surface area contributed by atoms with E-state index in [0.717, 1.165) is 16.8 Å². The molecule has 0 saturated heterocycles. The highest BCUT2D eigenvalue weighted by Crippen LogP contribution is 2.26. The van der Waals surface area contributed by atoms with E-state index in [9.17, 15) is 4.79 Å². The van der Waals surface area contributed by atoms with Crippen molar-refractivity contribution in [3.05, 3.63) is 59.0 Å². The fourth-order valence-corrected chi connectivity index (χ4v) is 2.62. The fraction of sp³-hybridized carbons (Fsp3) is 0.300. The van der Waals surface area contributed by atoms with E-state index in [0.29, 0.717) is 22.9 Å². The first-order valence-electron chi connectivity index (χ1n) is 8.74. The van der Waals surface area contributed by atoms with Gasteiger partial charge >= 0.3 is 0 Å². The van der Waals surface area contributed by atoms with E-state index in [1.165, 1.54) is 0 Å². The van der Waals surface area contributed by atoms with Gasteiger partial charge in [-0.15, -0.1) is 10.2 Å². The quantitative estimate of drug-likeness (QED) is 0.718. The molecule has 0 fully saturated rings. The van der Waals surface area contributed by atoms with Crippen LogP contribution >= 0.6 is 0 Å². The van der Waals surface area contributed by atoms with Crippen LogP contribution in [0.2, 0.25) is 0 Å². The Balaban J connectivity index is 1.76. The van der Waals surface area contributed by atoms with Gasteiger partial charge in [-0.1, -0.05) is 35.5 Å². The highest BCUT2D eigenvalue weighted by atomic mass is 16.5. The van der Waals surface area contributed by atoms with Crippen molar-refractivity contribution in [1.29, 1.82) is 0 Å². The minimum atomic E-state index is -0.247. The molecule has 27 heavy (non-hydrogen) atoms. The van der Waals surface area contributed by atoms with E-state index in [-0.39, 0.29) is 18.6 Å². The van der Waals surface area contributed by atoms with Gasteiger partial charge < -0.3 is 14.6 Å². The maximum atomic E-state index is 12.1. The number of amides is 1. The third kappa shape index (κ3) is 4.31. The number of benzene rings is 1. The number of aromatic nitrogens is 3. The zero-order valence-corrected chi connectivity index (χ0v) is 15.8. The average molecular weight is 366 g/mol. The molecule has 2 aromatic heterocycles. The van der Waals surface area contributed by atoms with E-state index in [2.05, 4.69) is 20.7 Å². The molecule has 0 spiro atoms. The molecule has 0 atom stereocenters. The minimum Gasteiger partial charge on any atom is -0.471 e. The second kappa shape index (κ2) is 7.99. The Morgan fingerprint density at radius 3 is 2.59 bits per heavy atom. The summed E-state index contributed by atoms with van der Waals surface area (Å²) < 4.78 is 11.1. The van der Waals surface area contributed by atoms with E-state index in [1.54, 1.807) is 13.0 Å². The average Bonchev–Trinajstić information content (AvgIpc) is 3.00. The molecule has 7 heteroatoms. The SMILES string of the molecule is Cc1cc(OCc2c(-c3ccccc3)noc2C)nnc1C(=O)NC(C)C. The van der Waals surface area contributed by atoms with Crippen molar-refractivity contribution < 1.29 is 14.1 Å². The van der Waals surface area contributed by atoms with Crippen molar-refractivity contribution >= 4 is 5.91 Å². The summed E-state index contributed by atoms with van der Waals surface area (Å²) in [6, 6.07) is 11.5. The summed E-state index contributed by atoms with van der Waals surface area (Å²) in [5.74, 6) is 0.780. The van der Waals surface area contributed by atoms with Gasteiger partial charge in [0, 0.05) is 17.7 Å². The molecule has 0 aliphatic carbocycles. The van der Waals surface area contributed by atoms with Crippen molar-refractivity contribution in [1.82, 2.24) is 20.7 Å². The summed E-state index contributed by atoms with van der Waals surface area (Å²) in [7, 11) is 0. The predicted octanol–water partition coefficient (Wildman–Crippen LogP) is 3.47. The zero-order valence-electron chi connectivity index (χ0n) is 15.8. The van der Waals surface area contributed by atoms with Gasteiger partial charge in [-0.05, 0) is 33.3 Å². The van der Waals surface area contributed by atoms with Crippen LogP contribution in [0, 0.1) is 13.8 Å². The highest BCUT2D eigenvalue weighted by Gasteiger charge is 2.17. The van der Waals surface area contributed by atoms with Crippen LogP contribution < -0.4 is 10.1 Å². The van der Waals surface area contributed by atoms with Crippen LogP contribution in [0.3, 0.4) is 0 Å². The maximum Gasteiger partial charge on any atom is 0.272 e. The zero-order chi connectivity index (χ0) is 19.4. The van der Waals surface area contributed by atoms with Crippen LogP contribution in [0.4, 0.5) is 0 Å². The molecule has 7 nitrogen and oxygen atoms in total. The lowest BCUT2D eigenvalue weighted by molar-refractivity contribution is 0.0936. The Morgan fingerprint density at radius 2 is 1.93 bits per heavy atom. The van der Waals surface area contributed by atoms with Gasteiger partial charge in [0.1, 0.15) is 18.1 Å². The van der Waals surface area contributed by atoms with Gasteiger partial charge in [-0.3, -0.25) is 4.79 Å². The Hall–Kier alpha value is -3.22. The van der Waals surface area contributed by atoms with Crippen LogP contribution in [-0.2, 0) is 6.61 Å². The number of carbonyl (C=O) groups is 1. The Bertz CT molecular complexity index is 936. The second-order valence-electron chi connectivity index (χ2n) is 6.56. The highest BCUT2D eigenvalue weighted by molar-refractivity contribution is 5.93. The van der Waals surface area contributed by atoms with Gasteiger partial charge in [-0.2, -0.15) is 0 Å². The molecule has 0 saturated carbocycles. The monoisotopic (exact) mass is 366 g/mol. The second-order valence-corrected chi connectivity index (χ2v) is 6.56. The third-order valence-electron chi connectivity index (χ3n) is 3.99. The Morgan fingerprint density at radius 1 is 1.19 bits per heavy atom. The Kier molecular flexibility index (Phi) is 5.49. The molecule has 3 rings (SSSR count). The molecule has 0 aliphatic heterocycles. The summed E-state index contributed by atoms with van der Waals surface area (Å²) in [5, 5.41) is 15.0. The third-order valence-corrected chi connectivity index (χ3v) is 3.99. The van der Waals surface area contributed by atoms with E-state index in [4.69, 9.17) is 9.26 Å². The molecule has 0 unspecified atom stereocenters.